The van der Waals surface area contributed by atoms with Crippen LogP contribution in [0.5, 0.6) is 0 Å². The monoisotopic (exact) mass is 281 g/mol. The van der Waals surface area contributed by atoms with Gasteiger partial charge in [0.05, 0.1) is 5.69 Å². The molecule has 1 aliphatic heterocycles. The minimum Gasteiger partial charge on any atom is -0.315 e. The summed E-state index contributed by atoms with van der Waals surface area (Å²) in [7, 11) is 2.08. The van der Waals surface area contributed by atoms with Gasteiger partial charge in [0.2, 0.25) is 0 Å². The number of nitrogens with one attached hydrogen (secondary N) is 1. The molecule has 0 radical (unpaired) electrons. The van der Waals surface area contributed by atoms with E-state index >= 15 is 0 Å². The molecule has 1 aromatic rings. The fraction of sp³-hybridized carbons (Fsp3) is 0.800. The molecule has 3 nitrogen and oxygen atoms in total. The number of rotatable bonds is 6. The van der Waals surface area contributed by atoms with Crippen molar-refractivity contribution in [2.45, 2.75) is 63.3 Å². The summed E-state index contributed by atoms with van der Waals surface area (Å²) in [6, 6.07) is 3.19. The van der Waals surface area contributed by atoms with Crippen LogP contribution in [-0.4, -0.2) is 33.4 Å². The molecule has 0 aliphatic carbocycles. The van der Waals surface area contributed by atoms with Crippen LogP contribution in [0.15, 0.2) is 12.3 Å². The van der Waals surface area contributed by atoms with Crippen LogP contribution in [0.4, 0.5) is 0 Å². The predicted molar refractivity (Wildman–Crippen MR) is 83.9 cm³/mol. The highest BCUT2D eigenvalue weighted by atomic mass is 32.2. The maximum atomic E-state index is 4.74. The fourth-order valence-corrected chi connectivity index (χ4v) is 4.27. The van der Waals surface area contributed by atoms with Gasteiger partial charge in [-0.25, -0.2) is 0 Å². The lowest BCUT2D eigenvalue weighted by Gasteiger charge is -2.32. The second-order valence-electron chi connectivity index (χ2n) is 5.85. The van der Waals surface area contributed by atoms with Gasteiger partial charge in [0, 0.05) is 29.4 Å². The van der Waals surface area contributed by atoms with Gasteiger partial charge in [0.1, 0.15) is 0 Å². The Hall–Kier alpha value is -0.480. The third kappa shape index (κ3) is 3.34. The molecule has 0 aromatic carbocycles. The number of hydrogen-bond donors (Lipinski definition) is 1. The average molecular weight is 281 g/mol. The van der Waals surface area contributed by atoms with Gasteiger partial charge in [-0.2, -0.15) is 16.9 Å². The van der Waals surface area contributed by atoms with Gasteiger partial charge >= 0.3 is 0 Å². The molecule has 1 aromatic heterocycles. The quantitative estimate of drug-likeness (QED) is 0.868. The highest BCUT2D eigenvalue weighted by Gasteiger charge is 2.37. The number of likely N-dealkylation sites (N-methyl/N-ethyl adjacent to an activating group) is 1. The highest BCUT2D eigenvalue weighted by molar-refractivity contribution is 8.00. The third-order valence-electron chi connectivity index (χ3n) is 4.45. The lowest BCUT2D eigenvalue weighted by atomic mass is 9.92. The molecule has 0 amide bonds. The van der Waals surface area contributed by atoms with Crippen molar-refractivity contribution in [1.82, 2.24) is 15.1 Å². The van der Waals surface area contributed by atoms with E-state index in [1.807, 2.05) is 0 Å². The van der Waals surface area contributed by atoms with E-state index in [1.54, 1.807) is 0 Å². The minimum absolute atomic E-state index is 0.370. The van der Waals surface area contributed by atoms with Crippen LogP contribution in [0.1, 0.15) is 51.8 Å². The zero-order valence-corrected chi connectivity index (χ0v) is 13.5. The molecule has 3 atom stereocenters. The van der Waals surface area contributed by atoms with Crippen molar-refractivity contribution < 1.29 is 0 Å². The Kier molecular flexibility index (Phi) is 4.96. The Morgan fingerprint density at radius 3 is 2.95 bits per heavy atom. The number of thioether (sulfide) groups is 1. The van der Waals surface area contributed by atoms with Crippen LogP contribution in [0.2, 0.25) is 0 Å². The molecule has 1 aliphatic rings. The Morgan fingerprint density at radius 1 is 1.58 bits per heavy atom. The molecule has 4 heteroatoms. The van der Waals surface area contributed by atoms with Crippen molar-refractivity contribution in [2.75, 3.05) is 12.8 Å². The number of nitrogens with zero attached hydrogens (tertiary/aromatic N) is 2. The van der Waals surface area contributed by atoms with Gasteiger partial charge in [-0.05, 0) is 52.0 Å². The molecule has 19 heavy (non-hydrogen) atoms. The van der Waals surface area contributed by atoms with Crippen molar-refractivity contribution >= 4 is 11.8 Å². The van der Waals surface area contributed by atoms with Gasteiger partial charge in [-0.3, -0.25) is 4.68 Å². The lowest BCUT2D eigenvalue weighted by Crippen LogP contribution is -2.45. The van der Waals surface area contributed by atoms with Crippen LogP contribution < -0.4 is 5.32 Å². The van der Waals surface area contributed by atoms with E-state index in [1.165, 1.54) is 24.3 Å². The molecule has 2 rings (SSSR count). The second kappa shape index (κ2) is 6.31. The molecular formula is C15H27N3S. The standard InChI is InChI=1S/C15H27N3S/c1-5-12(2)18-9-7-13(17-18)11-14(16-4)15(3)8-6-10-19-15/h7,9,12,14,16H,5-6,8,10-11H2,1-4H3. The summed E-state index contributed by atoms with van der Waals surface area (Å²) in [5.41, 5.74) is 1.22. The number of hydrogen-bond acceptors (Lipinski definition) is 3. The van der Waals surface area contributed by atoms with Gasteiger partial charge in [-0.1, -0.05) is 6.92 Å². The van der Waals surface area contributed by atoms with Crippen molar-refractivity contribution in [2.24, 2.45) is 0 Å². The Balaban J connectivity index is 2.04. The Labute approximate surface area is 121 Å². The summed E-state index contributed by atoms with van der Waals surface area (Å²) >= 11 is 2.12. The van der Waals surface area contributed by atoms with E-state index < -0.39 is 0 Å². The molecule has 1 saturated heterocycles. The van der Waals surface area contributed by atoms with Crippen molar-refractivity contribution in [3.63, 3.8) is 0 Å². The first-order valence-electron chi connectivity index (χ1n) is 7.44. The molecular weight excluding hydrogens is 254 g/mol. The maximum absolute atomic E-state index is 4.74. The van der Waals surface area contributed by atoms with Crippen molar-refractivity contribution in [3.8, 4) is 0 Å². The lowest BCUT2D eigenvalue weighted by molar-refractivity contribution is 0.414. The first-order chi connectivity index (χ1) is 9.09. The zero-order chi connectivity index (χ0) is 13.9. The van der Waals surface area contributed by atoms with Crippen LogP contribution in [0.25, 0.3) is 0 Å². The SMILES string of the molecule is CCC(C)n1ccc(CC(NC)C2(C)CCCS2)n1. The van der Waals surface area contributed by atoms with Crippen LogP contribution in [0.3, 0.4) is 0 Å². The molecule has 1 fully saturated rings. The van der Waals surface area contributed by atoms with Crippen molar-refractivity contribution in [1.29, 1.82) is 0 Å². The largest absolute Gasteiger partial charge is 0.315 e. The van der Waals surface area contributed by atoms with E-state index in [2.05, 4.69) is 61.8 Å². The Morgan fingerprint density at radius 2 is 2.37 bits per heavy atom. The topological polar surface area (TPSA) is 29.9 Å². The summed E-state index contributed by atoms with van der Waals surface area (Å²) in [6.07, 6.45) is 6.95. The predicted octanol–water partition coefficient (Wildman–Crippen LogP) is 3.27. The smallest absolute Gasteiger partial charge is 0.0640 e. The van der Waals surface area contributed by atoms with E-state index in [-0.39, 0.29) is 0 Å². The van der Waals surface area contributed by atoms with Gasteiger partial charge in [0.25, 0.3) is 0 Å². The molecule has 0 bridgehead atoms. The summed E-state index contributed by atoms with van der Waals surface area (Å²) in [4.78, 5) is 0. The highest BCUT2D eigenvalue weighted by Crippen LogP contribution is 2.41. The van der Waals surface area contributed by atoms with Gasteiger partial charge < -0.3 is 5.32 Å². The van der Waals surface area contributed by atoms with Gasteiger partial charge in [-0.15, -0.1) is 0 Å². The summed E-state index contributed by atoms with van der Waals surface area (Å²) in [5.74, 6) is 1.30. The molecule has 0 spiro atoms. The van der Waals surface area contributed by atoms with Crippen LogP contribution in [-0.2, 0) is 6.42 Å². The molecule has 0 saturated carbocycles. The second-order valence-corrected chi connectivity index (χ2v) is 7.48. The molecule has 3 unspecified atom stereocenters. The molecule has 108 valence electrons. The number of aromatic nitrogens is 2. The van der Waals surface area contributed by atoms with Crippen LogP contribution >= 0.6 is 11.8 Å². The summed E-state index contributed by atoms with van der Waals surface area (Å²) < 4.78 is 2.47. The third-order valence-corrected chi connectivity index (χ3v) is 6.10. The first-order valence-corrected chi connectivity index (χ1v) is 8.43. The van der Waals surface area contributed by atoms with E-state index in [4.69, 9.17) is 5.10 Å². The maximum Gasteiger partial charge on any atom is 0.0640 e. The minimum atomic E-state index is 0.370. The zero-order valence-electron chi connectivity index (χ0n) is 12.6. The molecule has 1 N–H and O–H groups in total. The normalized spacial score (nSPS) is 26.5. The fourth-order valence-electron chi connectivity index (χ4n) is 2.83. The van der Waals surface area contributed by atoms with E-state index in [9.17, 15) is 0 Å². The summed E-state index contributed by atoms with van der Waals surface area (Å²) in [5, 5.41) is 8.25. The van der Waals surface area contributed by atoms with Gasteiger partial charge in [0.15, 0.2) is 0 Å². The first kappa shape index (κ1) is 14.9. The Bertz CT molecular complexity index is 396. The average Bonchev–Trinajstić information content (AvgIpc) is 3.04. The van der Waals surface area contributed by atoms with E-state index in [0.717, 1.165) is 12.8 Å². The summed E-state index contributed by atoms with van der Waals surface area (Å²) in [6.45, 7) is 6.83. The van der Waals surface area contributed by atoms with E-state index in [0.29, 0.717) is 16.8 Å². The van der Waals surface area contributed by atoms with Crippen molar-refractivity contribution in [3.05, 3.63) is 18.0 Å². The molecule has 2 heterocycles. The van der Waals surface area contributed by atoms with Crippen LogP contribution in [0, 0.1) is 0 Å².